The van der Waals surface area contributed by atoms with Crippen LogP contribution in [-0.4, -0.2) is 24.4 Å². The van der Waals surface area contributed by atoms with Crippen LogP contribution in [0.4, 0.5) is 4.39 Å². The van der Waals surface area contributed by atoms with E-state index in [-0.39, 0.29) is 11.7 Å². The summed E-state index contributed by atoms with van der Waals surface area (Å²) in [5, 5.41) is 11.2. The van der Waals surface area contributed by atoms with Crippen molar-refractivity contribution in [1.82, 2.24) is 0 Å². The van der Waals surface area contributed by atoms with E-state index in [1.807, 2.05) is 0 Å². The van der Waals surface area contributed by atoms with Crippen LogP contribution in [0, 0.1) is 5.82 Å². The van der Waals surface area contributed by atoms with E-state index in [1.54, 1.807) is 24.3 Å². The molecule has 1 aliphatic rings. The lowest BCUT2D eigenvalue weighted by atomic mass is 9.96. The minimum Gasteiger partial charge on any atom is -0.488 e. The highest BCUT2D eigenvalue weighted by Gasteiger charge is 2.24. The van der Waals surface area contributed by atoms with Gasteiger partial charge in [0.2, 0.25) is 0 Å². The molecular weight excluding hydrogens is 368 g/mol. The number of nitrogens with two attached hydrogens (primary N) is 1. The first kappa shape index (κ1) is 18.4. The predicted octanol–water partition coefficient (Wildman–Crippen LogP) is 4.03. The van der Waals surface area contributed by atoms with Crippen LogP contribution in [0.2, 0.25) is 10.0 Å². The molecule has 0 bridgehead atoms. The van der Waals surface area contributed by atoms with Gasteiger partial charge in [-0.2, -0.15) is 0 Å². The average molecular weight is 386 g/mol. The highest BCUT2D eigenvalue weighted by Crippen LogP contribution is 2.33. The summed E-state index contributed by atoms with van der Waals surface area (Å²) < 4.78 is 25.3. The van der Waals surface area contributed by atoms with Gasteiger partial charge in [0.25, 0.3) is 0 Å². The van der Waals surface area contributed by atoms with Gasteiger partial charge < -0.3 is 20.3 Å². The molecule has 2 aromatic rings. The summed E-state index contributed by atoms with van der Waals surface area (Å²) >= 11 is 11.8. The number of hydrogen-bond donors (Lipinski definition) is 2. The van der Waals surface area contributed by atoms with Crippen molar-refractivity contribution in [1.29, 1.82) is 0 Å². The maximum atomic E-state index is 14.4. The topological polar surface area (TPSA) is 64.7 Å². The third-order valence-electron chi connectivity index (χ3n) is 4.15. The molecule has 0 radical (unpaired) electrons. The van der Waals surface area contributed by atoms with Gasteiger partial charge in [0.15, 0.2) is 0 Å². The zero-order valence-corrected chi connectivity index (χ0v) is 14.8. The smallest absolute Gasteiger partial charge is 0.132 e. The van der Waals surface area contributed by atoms with Crippen LogP contribution in [0.15, 0.2) is 36.4 Å². The number of rotatable bonds is 5. The second-order valence-corrected chi connectivity index (χ2v) is 6.75. The lowest BCUT2D eigenvalue weighted by Crippen LogP contribution is -2.21. The lowest BCUT2D eigenvalue weighted by molar-refractivity contribution is 0.138. The quantitative estimate of drug-likeness (QED) is 0.815. The first-order valence-electron chi connectivity index (χ1n) is 7.88. The first-order valence-corrected chi connectivity index (χ1v) is 8.63. The predicted molar refractivity (Wildman–Crippen MR) is 94.6 cm³/mol. The third-order valence-corrected chi connectivity index (χ3v) is 4.89. The molecule has 25 heavy (non-hydrogen) atoms. The van der Waals surface area contributed by atoms with Gasteiger partial charge in [-0.15, -0.1) is 0 Å². The molecule has 0 spiro atoms. The lowest BCUT2D eigenvalue weighted by Gasteiger charge is -2.21. The van der Waals surface area contributed by atoms with E-state index >= 15 is 0 Å². The van der Waals surface area contributed by atoms with Crippen LogP contribution < -0.4 is 10.5 Å². The van der Waals surface area contributed by atoms with Gasteiger partial charge in [-0.3, -0.25) is 0 Å². The highest BCUT2D eigenvalue weighted by atomic mass is 35.5. The monoisotopic (exact) mass is 385 g/mol. The van der Waals surface area contributed by atoms with Crippen molar-refractivity contribution in [2.24, 2.45) is 5.73 Å². The van der Waals surface area contributed by atoms with E-state index in [2.05, 4.69) is 0 Å². The van der Waals surface area contributed by atoms with E-state index in [4.69, 9.17) is 38.4 Å². The Kier molecular flexibility index (Phi) is 5.81. The van der Waals surface area contributed by atoms with Gasteiger partial charge >= 0.3 is 0 Å². The summed E-state index contributed by atoms with van der Waals surface area (Å²) in [5.74, 6) is -0.188. The Morgan fingerprint density at radius 2 is 2.00 bits per heavy atom. The zero-order valence-electron chi connectivity index (χ0n) is 13.3. The second kappa shape index (κ2) is 7.89. The molecule has 7 heteroatoms. The summed E-state index contributed by atoms with van der Waals surface area (Å²) in [7, 11) is 0. The molecule has 1 saturated heterocycles. The molecule has 3 N–H and O–H groups in total. The Balaban J connectivity index is 1.76. The fourth-order valence-electron chi connectivity index (χ4n) is 2.71. The standard InChI is InChI=1S/C18H18Cl2FNO3/c19-14-4-1-10(7-15(14)20)17(22)18(23)13-3-2-11(8-16(13)21)25-12-5-6-24-9-12/h1-4,7-8,12,17-18,23H,5-6,9,22H2. The number of benzene rings is 2. The number of ether oxygens (including phenoxy) is 2. The molecule has 1 fully saturated rings. The molecule has 3 atom stereocenters. The molecule has 2 aromatic carbocycles. The average Bonchev–Trinajstić information content (AvgIpc) is 3.09. The van der Waals surface area contributed by atoms with E-state index in [9.17, 15) is 9.50 Å². The molecule has 3 rings (SSSR count). The number of hydrogen-bond acceptors (Lipinski definition) is 4. The third kappa shape index (κ3) is 4.25. The van der Waals surface area contributed by atoms with Gasteiger partial charge in [-0.25, -0.2) is 4.39 Å². The Bertz CT molecular complexity index is 753. The summed E-state index contributed by atoms with van der Waals surface area (Å²) in [6.07, 6.45) is -0.538. The Morgan fingerprint density at radius 3 is 2.64 bits per heavy atom. The molecule has 134 valence electrons. The molecular formula is C18H18Cl2FNO3. The van der Waals surface area contributed by atoms with Crippen molar-refractivity contribution in [2.75, 3.05) is 13.2 Å². The second-order valence-electron chi connectivity index (χ2n) is 5.93. The minimum absolute atomic E-state index is 0.0753. The van der Waals surface area contributed by atoms with Crippen LogP contribution >= 0.6 is 23.2 Å². The fourth-order valence-corrected chi connectivity index (χ4v) is 3.02. The van der Waals surface area contributed by atoms with Crippen LogP contribution in [0.3, 0.4) is 0 Å². The maximum Gasteiger partial charge on any atom is 0.132 e. The van der Waals surface area contributed by atoms with Crippen LogP contribution in [-0.2, 0) is 4.74 Å². The van der Waals surface area contributed by atoms with Crippen molar-refractivity contribution in [2.45, 2.75) is 24.7 Å². The molecule has 0 aromatic heterocycles. The summed E-state index contributed by atoms with van der Waals surface area (Å²) in [4.78, 5) is 0. The number of aliphatic hydroxyl groups is 1. The zero-order chi connectivity index (χ0) is 18.0. The highest BCUT2D eigenvalue weighted by molar-refractivity contribution is 6.42. The Hall–Kier alpha value is -1.37. The van der Waals surface area contributed by atoms with Crippen molar-refractivity contribution >= 4 is 23.2 Å². The van der Waals surface area contributed by atoms with Crippen LogP contribution in [0.25, 0.3) is 0 Å². The van der Waals surface area contributed by atoms with Crippen molar-refractivity contribution < 1.29 is 19.0 Å². The molecule has 1 aliphatic heterocycles. The number of halogens is 3. The van der Waals surface area contributed by atoms with E-state index in [1.165, 1.54) is 12.1 Å². The van der Waals surface area contributed by atoms with E-state index < -0.39 is 18.0 Å². The van der Waals surface area contributed by atoms with E-state index in [0.717, 1.165) is 6.42 Å². The maximum absolute atomic E-state index is 14.4. The summed E-state index contributed by atoms with van der Waals surface area (Å²) in [5.41, 5.74) is 6.71. The van der Waals surface area contributed by atoms with E-state index in [0.29, 0.717) is 34.6 Å². The first-order chi connectivity index (χ1) is 12.0. The Labute approximate surface area is 155 Å². The molecule has 3 unspecified atom stereocenters. The molecule has 0 saturated carbocycles. The van der Waals surface area contributed by atoms with Gasteiger partial charge in [0, 0.05) is 18.1 Å². The summed E-state index contributed by atoms with van der Waals surface area (Å²) in [6.45, 7) is 1.14. The van der Waals surface area contributed by atoms with Crippen molar-refractivity contribution in [3.63, 3.8) is 0 Å². The fraction of sp³-hybridized carbons (Fsp3) is 0.333. The van der Waals surface area contributed by atoms with Crippen molar-refractivity contribution in [3.05, 3.63) is 63.4 Å². The molecule has 0 aliphatic carbocycles. The van der Waals surface area contributed by atoms with Gasteiger partial charge in [0.05, 0.1) is 29.3 Å². The minimum atomic E-state index is -1.24. The van der Waals surface area contributed by atoms with Crippen LogP contribution in [0.5, 0.6) is 5.75 Å². The molecule has 4 nitrogen and oxygen atoms in total. The SMILES string of the molecule is NC(c1ccc(Cl)c(Cl)c1)C(O)c1ccc(OC2CCOC2)cc1F. The molecule has 0 amide bonds. The normalized spacial score (nSPS) is 19.6. The molecule has 1 heterocycles. The number of aliphatic hydroxyl groups excluding tert-OH is 1. The van der Waals surface area contributed by atoms with Crippen LogP contribution in [0.1, 0.15) is 29.7 Å². The van der Waals surface area contributed by atoms with Gasteiger partial charge in [-0.05, 0) is 29.8 Å². The largest absolute Gasteiger partial charge is 0.488 e. The van der Waals surface area contributed by atoms with Gasteiger partial charge in [-0.1, -0.05) is 29.3 Å². The van der Waals surface area contributed by atoms with Crippen molar-refractivity contribution in [3.8, 4) is 5.75 Å². The summed E-state index contributed by atoms with van der Waals surface area (Å²) in [6, 6.07) is 8.29. The van der Waals surface area contributed by atoms with Gasteiger partial charge in [0.1, 0.15) is 23.8 Å². The Morgan fingerprint density at radius 1 is 1.20 bits per heavy atom.